The van der Waals surface area contributed by atoms with Crippen molar-refractivity contribution in [2.45, 2.75) is 39.4 Å². The van der Waals surface area contributed by atoms with E-state index in [4.69, 9.17) is 0 Å². The maximum absolute atomic E-state index is 11.8. The van der Waals surface area contributed by atoms with Crippen molar-refractivity contribution in [3.63, 3.8) is 0 Å². The molecule has 1 aromatic carbocycles. The van der Waals surface area contributed by atoms with Gasteiger partial charge in [-0.2, -0.15) is 0 Å². The van der Waals surface area contributed by atoms with Crippen LogP contribution >= 0.6 is 0 Å². The van der Waals surface area contributed by atoms with Crippen LogP contribution in [-0.4, -0.2) is 15.5 Å². The van der Waals surface area contributed by atoms with Crippen molar-refractivity contribution in [1.82, 2.24) is 0 Å². The molecule has 1 atom stereocenters. The van der Waals surface area contributed by atoms with Gasteiger partial charge in [-0.05, 0) is 45.7 Å². The van der Waals surface area contributed by atoms with Crippen LogP contribution in [0.3, 0.4) is 0 Å². The number of rotatable bonds is 2. The molecule has 1 aromatic rings. The predicted octanol–water partition coefficient (Wildman–Crippen LogP) is 3.18. The Balaban J connectivity index is 2.93. The summed E-state index contributed by atoms with van der Waals surface area (Å²) in [7, 11) is 0. The van der Waals surface area contributed by atoms with E-state index in [1.807, 2.05) is 52.8 Å². The summed E-state index contributed by atoms with van der Waals surface area (Å²) in [4.78, 5) is 0. The van der Waals surface area contributed by atoms with Gasteiger partial charge in [0.1, 0.15) is 16.1 Å². The number of aryl methyl sites for hydroxylation is 2. The van der Waals surface area contributed by atoms with Gasteiger partial charge in [-0.3, -0.25) is 0 Å². The van der Waals surface area contributed by atoms with Crippen LogP contribution in [0.5, 0.6) is 0 Å². The first kappa shape index (κ1) is 13.3. The van der Waals surface area contributed by atoms with E-state index in [1.165, 1.54) is 0 Å². The third-order valence-corrected chi connectivity index (χ3v) is 3.69. The summed E-state index contributed by atoms with van der Waals surface area (Å²) in [6.07, 6.45) is 1.73. The molecular weight excluding hydrogens is 218 g/mol. The van der Waals surface area contributed by atoms with Crippen molar-refractivity contribution in [2.24, 2.45) is 4.40 Å². The lowest BCUT2D eigenvalue weighted by Gasteiger charge is -2.18. The minimum atomic E-state index is -1.18. The Hall–Kier alpha value is -0.800. The molecule has 1 rings (SSSR count). The molecule has 0 aromatic heterocycles. The molecular formula is C13H19NOS. The summed E-state index contributed by atoms with van der Waals surface area (Å²) in [5, 5.41) is 0. The highest BCUT2D eigenvalue weighted by Gasteiger charge is 2.25. The average molecular weight is 237 g/mol. The van der Waals surface area contributed by atoms with Gasteiger partial charge in [0.2, 0.25) is 0 Å². The van der Waals surface area contributed by atoms with Gasteiger partial charge in [0.15, 0.2) is 0 Å². The predicted molar refractivity (Wildman–Crippen MR) is 71.4 cm³/mol. The van der Waals surface area contributed by atoms with Gasteiger partial charge in [0.05, 0.1) is 6.21 Å². The highest BCUT2D eigenvalue weighted by Crippen LogP contribution is 2.18. The second kappa shape index (κ2) is 5.02. The Morgan fingerprint density at radius 1 is 1.19 bits per heavy atom. The molecule has 3 heteroatoms. The second-order valence-corrected chi connectivity index (χ2v) is 6.84. The average Bonchev–Trinajstić information content (AvgIpc) is 2.15. The Labute approximate surface area is 101 Å². The van der Waals surface area contributed by atoms with E-state index in [0.717, 1.165) is 16.7 Å². The zero-order chi connectivity index (χ0) is 12.3. The second-order valence-electron chi connectivity index (χ2n) is 4.90. The van der Waals surface area contributed by atoms with Gasteiger partial charge < -0.3 is 4.55 Å². The van der Waals surface area contributed by atoms with Gasteiger partial charge in [-0.1, -0.05) is 22.6 Å². The van der Waals surface area contributed by atoms with Crippen molar-refractivity contribution in [1.29, 1.82) is 0 Å². The maximum Gasteiger partial charge on any atom is 0.144 e. The number of benzene rings is 1. The molecule has 0 N–H and O–H groups in total. The molecule has 0 radical (unpaired) electrons. The molecule has 88 valence electrons. The summed E-state index contributed by atoms with van der Waals surface area (Å²) >= 11 is -1.18. The fourth-order valence-corrected chi connectivity index (χ4v) is 1.81. The molecule has 1 unspecified atom stereocenters. The zero-order valence-electron chi connectivity index (χ0n) is 10.6. The smallest absolute Gasteiger partial charge is 0.144 e. The van der Waals surface area contributed by atoms with E-state index in [9.17, 15) is 4.55 Å². The lowest BCUT2D eigenvalue weighted by Crippen LogP contribution is -2.25. The maximum atomic E-state index is 11.8. The molecule has 0 fully saturated rings. The molecule has 0 saturated carbocycles. The monoisotopic (exact) mass is 237 g/mol. The van der Waals surface area contributed by atoms with Crippen molar-refractivity contribution in [3.05, 3.63) is 34.9 Å². The molecule has 0 bridgehead atoms. The van der Waals surface area contributed by atoms with Crippen molar-refractivity contribution in [2.75, 3.05) is 0 Å². The van der Waals surface area contributed by atoms with Crippen molar-refractivity contribution >= 4 is 17.6 Å². The van der Waals surface area contributed by atoms with Crippen LogP contribution in [0.2, 0.25) is 0 Å². The Kier molecular flexibility index (Phi) is 4.16. The number of hydrogen-bond donors (Lipinski definition) is 0. The molecule has 2 nitrogen and oxygen atoms in total. The first-order valence-corrected chi connectivity index (χ1v) is 6.45. The fourth-order valence-electron chi connectivity index (χ4n) is 1.29. The van der Waals surface area contributed by atoms with Gasteiger partial charge in [0, 0.05) is 5.56 Å². The van der Waals surface area contributed by atoms with Crippen LogP contribution in [0, 0.1) is 13.8 Å². The van der Waals surface area contributed by atoms with E-state index in [-0.39, 0.29) is 4.75 Å². The van der Waals surface area contributed by atoms with Crippen LogP contribution in [0.4, 0.5) is 0 Å². The van der Waals surface area contributed by atoms with Crippen LogP contribution in [0.25, 0.3) is 0 Å². The molecule has 0 spiro atoms. The fraction of sp³-hybridized carbons (Fsp3) is 0.462. The summed E-state index contributed by atoms with van der Waals surface area (Å²) in [6.45, 7) is 9.84. The molecule has 0 aliphatic heterocycles. The topological polar surface area (TPSA) is 35.4 Å². The molecule has 0 amide bonds. The van der Waals surface area contributed by atoms with Gasteiger partial charge in [-0.25, -0.2) is 0 Å². The largest absolute Gasteiger partial charge is 0.591 e. The Morgan fingerprint density at radius 3 is 2.12 bits per heavy atom. The quantitative estimate of drug-likeness (QED) is 0.574. The van der Waals surface area contributed by atoms with Gasteiger partial charge in [-0.15, -0.1) is 0 Å². The molecule has 0 saturated heterocycles. The van der Waals surface area contributed by atoms with Crippen LogP contribution in [0.15, 0.2) is 22.6 Å². The Morgan fingerprint density at radius 2 is 1.69 bits per heavy atom. The summed E-state index contributed by atoms with van der Waals surface area (Å²) < 4.78 is 15.6. The lowest BCUT2D eigenvalue weighted by atomic mass is 10.0. The first-order chi connectivity index (χ1) is 7.32. The first-order valence-electron chi connectivity index (χ1n) is 5.34. The lowest BCUT2D eigenvalue weighted by molar-refractivity contribution is 0.562. The summed E-state index contributed by atoms with van der Waals surface area (Å²) in [5.74, 6) is 0. The third kappa shape index (κ3) is 3.35. The minimum absolute atomic E-state index is 0.299. The van der Waals surface area contributed by atoms with E-state index in [0.29, 0.717) is 0 Å². The van der Waals surface area contributed by atoms with E-state index >= 15 is 0 Å². The van der Waals surface area contributed by atoms with E-state index in [2.05, 4.69) is 4.40 Å². The van der Waals surface area contributed by atoms with Crippen LogP contribution in [0.1, 0.15) is 37.5 Å². The van der Waals surface area contributed by atoms with Gasteiger partial charge >= 0.3 is 0 Å². The summed E-state index contributed by atoms with van der Waals surface area (Å²) in [5.41, 5.74) is 3.39. The zero-order valence-corrected chi connectivity index (χ0v) is 11.4. The van der Waals surface area contributed by atoms with Gasteiger partial charge in [0.25, 0.3) is 0 Å². The van der Waals surface area contributed by atoms with Crippen molar-refractivity contribution < 1.29 is 4.55 Å². The normalized spacial score (nSPS) is 14.4. The van der Waals surface area contributed by atoms with Crippen LogP contribution in [-0.2, 0) is 11.4 Å². The molecule has 0 aliphatic rings. The molecule has 0 heterocycles. The Bertz CT molecular complexity index is 373. The van der Waals surface area contributed by atoms with E-state index in [1.54, 1.807) is 6.21 Å². The highest BCUT2D eigenvalue weighted by molar-refractivity contribution is 7.91. The number of hydrogen-bond acceptors (Lipinski definition) is 2. The summed E-state index contributed by atoms with van der Waals surface area (Å²) in [6, 6.07) is 6.09. The third-order valence-electron chi connectivity index (χ3n) is 2.34. The van der Waals surface area contributed by atoms with Crippen LogP contribution < -0.4 is 0 Å². The molecule has 16 heavy (non-hydrogen) atoms. The SMILES string of the molecule is Cc1cccc(C)c1C=N[S+]([O-])C(C)(C)C. The minimum Gasteiger partial charge on any atom is -0.591 e. The number of nitrogens with zero attached hydrogens (tertiary/aromatic N) is 1. The highest BCUT2D eigenvalue weighted by atomic mass is 32.2. The molecule has 0 aliphatic carbocycles. The van der Waals surface area contributed by atoms with E-state index < -0.39 is 11.4 Å². The van der Waals surface area contributed by atoms with Crippen molar-refractivity contribution in [3.8, 4) is 0 Å². The standard InChI is InChI=1S/C13H19NOS/c1-10-7-6-8-11(2)12(10)9-14-16(15)13(3,4)5/h6-9H,1-5H3.